The minimum absolute atomic E-state index is 0.115. The van der Waals surface area contributed by atoms with Crippen LogP contribution < -0.4 is 15.4 Å². The van der Waals surface area contributed by atoms with Gasteiger partial charge in [-0.15, -0.1) is 0 Å². The maximum atomic E-state index is 12.2. The summed E-state index contributed by atoms with van der Waals surface area (Å²) in [4.78, 5) is 25.8. The fourth-order valence-corrected chi connectivity index (χ4v) is 3.05. The number of anilines is 1. The first-order valence-corrected chi connectivity index (χ1v) is 9.90. The largest absolute Gasteiger partial charge is 0.492 e. The van der Waals surface area contributed by atoms with E-state index in [9.17, 15) is 9.59 Å². The molecule has 0 unspecified atom stereocenters. The number of nitrogens with one attached hydrogen (secondary N) is 2. The van der Waals surface area contributed by atoms with Gasteiger partial charge in [-0.2, -0.15) is 0 Å². The van der Waals surface area contributed by atoms with Crippen LogP contribution >= 0.6 is 27.5 Å². The average Bonchev–Trinajstić information content (AvgIpc) is 2.62. The van der Waals surface area contributed by atoms with Gasteiger partial charge in [0, 0.05) is 15.2 Å². The quantitative estimate of drug-likeness (QED) is 0.553. The molecule has 6 nitrogen and oxygen atoms in total. The third kappa shape index (κ3) is 7.88. The van der Waals surface area contributed by atoms with Gasteiger partial charge in [-0.25, -0.2) is 0 Å². The molecule has 2 rings (SSSR count). The standard InChI is InChI=1S/C20H23BrClN3O3/c1-14-11-15(21)3-8-18(14)24-20(27)13-25(2)12-19(26)23-9-10-28-17-6-4-16(22)5-7-17/h3-8,11H,9-10,12-13H2,1-2H3,(H,23,26)(H,24,27). The van der Waals surface area contributed by atoms with E-state index in [1.807, 2.05) is 25.1 Å². The number of carbonyl (C=O) groups excluding carboxylic acids is 2. The van der Waals surface area contributed by atoms with Gasteiger partial charge in [-0.3, -0.25) is 14.5 Å². The van der Waals surface area contributed by atoms with Crippen LogP contribution in [0.25, 0.3) is 0 Å². The third-order valence-corrected chi connectivity index (χ3v) is 4.54. The number of halogens is 2. The Morgan fingerprint density at radius 3 is 2.46 bits per heavy atom. The van der Waals surface area contributed by atoms with Gasteiger partial charge in [0.05, 0.1) is 19.6 Å². The zero-order valence-electron chi connectivity index (χ0n) is 15.8. The molecule has 0 saturated carbocycles. The van der Waals surface area contributed by atoms with Crippen molar-refractivity contribution in [2.45, 2.75) is 6.92 Å². The predicted octanol–water partition coefficient (Wildman–Crippen LogP) is 3.48. The Morgan fingerprint density at radius 2 is 1.79 bits per heavy atom. The van der Waals surface area contributed by atoms with Gasteiger partial charge in [0.25, 0.3) is 0 Å². The summed E-state index contributed by atoms with van der Waals surface area (Å²) >= 11 is 9.20. The summed E-state index contributed by atoms with van der Waals surface area (Å²) < 4.78 is 6.47. The molecule has 0 aromatic heterocycles. The highest BCUT2D eigenvalue weighted by atomic mass is 79.9. The summed E-state index contributed by atoms with van der Waals surface area (Å²) in [5.41, 5.74) is 1.72. The highest BCUT2D eigenvalue weighted by Crippen LogP contribution is 2.20. The lowest BCUT2D eigenvalue weighted by Gasteiger charge is -2.17. The first-order valence-electron chi connectivity index (χ1n) is 8.73. The number of hydrogen-bond acceptors (Lipinski definition) is 4. The molecule has 8 heteroatoms. The minimum atomic E-state index is -0.174. The lowest BCUT2D eigenvalue weighted by atomic mass is 10.2. The molecule has 28 heavy (non-hydrogen) atoms. The fourth-order valence-electron chi connectivity index (χ4n) is 2.45. The van der Waals surface area contributed by atoms with Gasteiger partial charge in [0.2, 0.25) is 11.8 Å². The van der Waals surface area contributed by atoms with Crippen molar-refractivity contribution < 1.29 is 14.3 Å². The number of likely N-dealkylation sites (N-methyl/N-ethyl adjacent to an activating group) is 1. The summed E-state index contributed by atoms with van der Waals surface area (Å²) in [5.74, 6) is 0.345. The van der Waals surface area contributed by atoms with Crippen molar-refractivity contribution >= 4 is 45.0 Å². The van der Waals surface area contributed by atoms with Crippen molar-refractivity contribution in [2.75, 3.05) is 38.6 Å². The lowest BCUT2D eigenvalue weighted by molar-refractivity contribution is -0.123. The Hall–Kier alpha value is -2.09. The van der Waals surface area contributed by atoms with Gasteiger partial charge in [0.1, 0.15) is 12.4 Å². The van der Waals surface area contributed by atoms with E-state index in [0.717, 1.165) is 15.7 Å². The molecule has 2 aromatic carbocycles. The van der Waals surface area contributed by atoms with Crippen molar-refractivity contribution in [3.8, 4) is 5.75 Å². The SMILES string of the molecule is Cc1cc(Br)ccc1NC(=O)CN(C)CC(=O)NCCOc1ccc(Cl)cc1. The first kappa shape index (κ1) is 22.2. The van der Waals surface area contributed by atoms with Crippen molar-refractivity contribution in [3.05, 3.63) is 57.5 Å². The molecule has 2 aromatic rings. The van der Waals surface area contributed by atoms with Crippen LogP contribution in [0.2, 0.25) is 5.02 Å². The maximum absolute atomic E-state index is 12.2. The fraction of sp³-hybridized carbons (Fsp3) is 0.300. The van der Waals surface area contributed by atoms with Crippen LogP contribution in [0, 0.1) is 6.92 Å². The Morgan fingerprint density at radius 1 is 1.11 bits per heavy atom. The number of rotatable bonds is 9. The Labute approximate surface area is 178 Å². The molecule has 0 bridgehead atoms. The summed E-state index contributed by atoms with van der Waals surface area (Å²) in [5, 5.41) is 6.26. The van der Waals surface area contributed by atoms with E-state index in [1.54, 1.807) is 36.2 Å². The second kappa shape index (κ2) is 11.0. The van der Waals surface area contributed by atoms with Crippen LogP contribution in [0.15, 0.2) is 46.9 Å². The second-order valence-electron chi connectivity index (χ2n) is 6.33. The van der Waals surface area contributed by atoms with Gasteiger partial charge in [-0.1, -0.05) is 27.5 Å². The predicted molar refractivity (Wildman–Crippen MR) is 115 cm³/mol. The topological polar surface area (TPSA) is 70.7 Å². The van der Waals surface area contributed by atoms with Gasteiger partial charge < -0.3 is 15.4 Å². The monoisotopic (exact) mass is 467 g/mol. The summed E-state index contributed by atoms with van der Waals surface area (Å²) in [6.07, 6.45) is 0. The van der Waals surface area contributed by atoms with Crippen LogP contribution in [0.5, 0.6) is 5.75 Å². The second-order valence-corrected chi connectivity index (χ2v) is 7.68. The lowest BCUT2D eigenvalue weighted by Crippen LogP contribution is -2.40. The van der Waals surface area contributed by atoms with E-state index in [4.69, 9.17) is 16.3 Å². The number of nitrogens with zero attached hydrogens (tertiary/aromatic N) is 1. The van der Waals surface area contributed by atoms with Gasteiger partial charge in [0.15, 0.2) is 0 Å². The van der Waals surface area contributed by atoms with E-state index >= 15 is 0 Å². The van der Waals surface area contributed by atoms with E-state index in [0.29, 0.717) is 23.9 Å². The number of carbonyl (C=O) groups is 2. The molecule has 0 fully saturated rings. The molecule has 0 aliphatic rings. The van der Waals surface area contributed by atoms with Crippen LogP contribution in [0.3, 0.4) is 0 Å². The molecular weight excluding hydrogens is 446 g/mol. The summed E-state index contributed by atoms with van der Waals surface area (Å²) in [7, 11) is 1.72. The summed E-state index contributed by atoms with van der Waals surface area (Å²) in [6, 6.07) is 12.7. The van der Waals surface area contributed by atoms with Crippen LogP contribution in [0.1, 0.15) is 5.56 Å². The minimum Gasteiger partial charge on any atom is -0.492 e. The molecule has 0 aliphatic carbocycles. The highest BCUT2D eigenvalue weighted by molar-refractivity contribution is 9.10. The third-order valence-electron chi connectivity index (χ3n) is 3.80. The maximum Gasteiger partial charge on any atom is 0.238 e. The molecule has 2 N–H and O–H groups in total. The van der Waals surface area contributed by atoms with Gasteiger partial charge in [-0.05, 0) is 62.0 Å². The molecular formula is C20H23BrClN3O3. The van der Waals surface area contributed by atoms with Gasteiger partial charge >= 0.3 is 0 Å². The Balaban J connectivity index is 1.65. The molecule has 0 heterocycles. The number of hydrogen-bond donors (Lipinski definition) is 2. The first-order chi connectivity index (χ1) is 13.3. The molecule has 0 saturated heterocycles. The van der Waals surface area contributed by atoms with Crippen LogP contribution in [0.4, 0.5) is 5.69 Å². The van der Waals surface area contributed by atoms with E-state index in [-0.39, 0.29) is 24.9 Å². The number of benzene rings is 2. The normalized spacial score (nSPS) is 10.6. The number of aryl methyl sites for hydroxylation is 1. The van der Waals surface area contributed by atoms with Crippen molar-refractivity contribution in [3.63, 3.8) is 0 Å². The Bertz CT molecular complexity index is 815. The molecule has 0 aliphatic heterocycles. The highest BCUT2D eigenvalue weighted by Gasteiger charge is 2.11. The van der Waals surface area contributed by atoms with Crippen LogP contribution in [-0.2, 0) is 9.59 Å². The molecule has 0 radical (unpaired) electrons. The van der Waals surface area contributed by atoms with Crippen molar-refractivity contribution in [1.82, 2.24) is 10.2 Å². The summed E-state index contributed by atoms with van der Waals surface area (Å²) in [6.45, 7) is 2.88. The number of ether oxygens (including phenoxy) is 1. The van der Waals surface area contributed by atoms with Crippen LogP contribution in [-0.4, -0.2) is 50.0 Å². The van der Waals surface area contributed by atoms with Crippen molar-refractivity contribution in [1.29, 1.82) is 0 Å². The zero-order valence-corrected chi connectivity index (χ0v) is 18.1. The van der Waals surface area contributed by atoms with E-state index in [2.05, 4.69) is 26.6 Å². The molecule has 2 amide bonds. The Kier molecular flexibility index (Phi) is 8.76. The molecule has 0 spiro atoms. The van der Waals surface area contributed by atoms with Crippen molar-refractivity contribution in [2.24, 2.45) is 0 Å². The average molecular weight is 469 g/mol. The molecule has 150 valence electrons. The zero-order chi connectivity index (χ0) is 20.5. The number of amides is 2. The molecule has 0 atom stereocenters. The van der Waals surface area contributed by atoms with E-state index < -0.39 is 0 Å². The smallest absolute Gasteiger partial charge is 0.238 e. The van der Waals surface area contributed by atoms with E-state index in [1.165, 1.54) is 0 Å².